The Labute approximate surface area is 227 Å². The molecule has 2 aromatic rings. The molecule has 2 N–H and O–H groups in total. The third-order valence-electron chi connectivity index (χ3n) is 6.93. The van der Waals surface area contributed by atoms with E-state index in [0.29, 0.717) is 30.5 Å². The van der Waals surface area contributed by atoms with Gasteiger partial charge in [-0.25, -0.2) is 14.4 Å². The molecule has 4 rings (SSSR count). The van der Waals surface area contributed by atoms with Crippen molar-refractivity contribution in [3.8, 4) is 0 Å². The van der Waals surface area contributed by atoms with Crippen LogP contribution in [0.25, 0.3) is 17.0 Å². The Morgan fingerprint density at radius 2 is 2.13 bits per heavy atom. The van der Waals surface area contributed by atoms with E-state index in [9.17, 15) is 9.18 Å². The number of hydrogen-bond acceptors (Lipinski definition) is 6. The summed E-state index contributed by atoms with van der Waals surface area (Å²) in [7, 11) is 3.88. The van der Waals surface area contributed by atoms with Crippen molar-refractivity contribution in [2.24, 2.45) is 11.3 Å². The number of aromatic nitrogens is 2. The van der Waals surface area contributed by atoms with Gasteiger partial charge in [0.05, 0.1) is 23.8 Å². The summed E-state index contributed by atoms with van der Waals surface area (Å²) in [5, 5.41) is 6.90. The second-order valence-electron chi connectivity index (χ2n) is 9.92. The molecule has 1 aliphatic heterocycles. The third-order valence-corrected chi connectivity index (χ3v) is 7.27. The second-order valence-corrected chi connectivity index (χ2v) is 10.3. The van der Waals surface area contributed by atoms with Gasteiger partial charge in [0.1, 0.15) is 18.0 Å². The first-order valence-electron chi connectivity index (χ1n) is 12.5. The number of rotatable bonds is 11. The predicted molar refractivity (Wildman–Crippen MR) is 153 cm³/mol. The Kier molecular flexibility index (Phi) is 8.76. The molecule has 1 aromatic carbocycles. The first-order chi connectivity index (χ1) is 18.2. The van der Waals surface area contributed by atoms with Crippen molar-refractivity contribution in [2.45, 2.75) is 13.3 Å². The van der Waals surface area contributed by atoms with Crippen molar-refractivity contribution in [3.05, 3.63) is 77.4 Å². The molecule has 2 atom stereocenters. The Morgan fingerprint density at radius 3 is 2.82 bits per heavy atom. The number of amides is 1. The van der Waals surface area contributed by atoms with Crippen molar-refractivity contribution in [3.63, 3.8) is 0 Å². The van der Waals surface area contributed by atoms with E-state index < -0.39 is 5.83 Å². The lowest BCUT2D eigenvalue weighted by atomic mass is 9.94. The zero-order chi connectivity index (χ0) is 27.3. The zero-order valence-electron chi connectivity index (χ0n) is 21.9. The van der Waals surface area contributed by atoms with Gasteiger partial charge in [-0.1, -0.05) is 42.0 Å². The maximum atomic E-state index is 13.8. The number of ether oxygens (including phenoxy) is 1. The van der Waals surface area contributed by atoms with E-state index >= 15 is 0 Å². The lowest BCUT2D eigenvalue weighted by Crippen LogP contribution is -2.13. The Hall–Kier alpha value is -3.33. The molecule has 200 valence electrons. The number of fused-ring (bicyclic) bond motifs is 2. The molecule has 1 aromatic heterocycles. The molecule has 1 amide bonds. The molecule has 0 unspecified atom stereocenters. The highest BCUT2D eigenvalue weighted by molar-refractivity contribution is 6.31. The summed E-state index contributed by atoms with van der Waals surface area (Å²) in [5.41, 5.74) is 3.59. The van der Waals surface area contributed by atoms with E-state index in [4.69, 9.17) is 16.3 Å². The summed E-state index contributed by atoms with van der Waals surface area (Å²) in [4.78, 5) is 23.6. The summed E-state index contributed by atoms with van der Waals surface area (Å²) in [5.74, 6) is 0.342. The fourth-order valence-electron chi connectivity index (χ4n) is 4.66. The highest BCUT2D eigenvalue weighted by Crippen LogP contribution is 2.61. The van der Waals surface area contributed by atoms with Crippen LogP contribution in [-0.4, -0.2) is 61.2 Å². The first kappa shape index (κ1) is 27.7. The maximum Gasteiger partial charge on any atom is 0.248 e. The van der Waals surface area contributed by atoms with Gasteiger partial charge in [-0.3, -0.25) is 4.79 Å². The number of halogens is 2. The van der Waals surface area contributed by atoms with Gasteiger partial charge in [-0.15, -0.1) is 0 Å². The molecule has 2 heterocycles. The Balaban J connectivity index is 1.65. The number of nitrogens with zero attached hydrogens (tertiary/aromatic N) is 3. The van der Waals surface area contributed by atoms with Crippen LogP contribution >= 0.6 is 11.6 Å². The van der Waals surface area contributed by atoms with Crippen molar-refractivity contribution >= 4 is 46.0 Å². The molecule has 38 heavy (non-hydrogen) atoms. The van der Waals surface area contributed by atoms with Crippen LogP contribution in [-0.2, 0) is 9.53 Å². The van der Waals surface area contributed by atoms with Gasteiger partial charge in [0.2, 0.25) is 5.91 Å². The van der Waals surface area contributed by atoms with Gasteiger partial charge in [0.15, 0.2) is 0 Å². The fraction of sp³-hybridized carbons (Fsp3) is 0.345. The molecule has 2 fully saturated rings. The van der Waals surface area contributed by atoms with Crippen molar-refractivity contribution < 1.29 is 13.9 Å². The number of nitrogens with one attached hydrogen (secondary N) is 2. The van der Waals surface area contributed by atoms with Gasteiger partial charge in [0, 0.05) is 41.2 Å². The van der Waals surface area contributed by atoms with Crippen molar-refractivity contribution in [1.82, 2.24) is 14.9 Å². The highest BCUT2D eigenvalue weighted by atomic mass is 35.5. The molecular formula is C29H33ClFN5O2. The molecule has 0 spiro atoms. The summed E-state index contributed by atoms with van der Waals surface area (Å²) >= 11 is 5.74. The standard InChI is InChI=1S/C29H33ClFN5O2/c1-5-23(30)24(31)8-6-10-32-28-22-14-25(35-27(37)9-7-11-36(3)4)20(13-26(22)33-18-34-28)12-19(2)29-15-21(29)16-38-17-29/h5-9,12-14,18,21H,1,10-11,15-17H2,2-4H3,(H,35,37)(H,32,33,34)/b8-6-,9-7+,19-12+,24-23-/t21-,29+/m1/s1. The minimum Gasteiger partial charge on any atom is -0.380 e. The smallest absolute Gasteiger partial charge is 0.248 e. The van der Waals surface area contributed by atoms with E-state index in [2.05, 4.69) is 40.2 Å². The van der Waals surface area contributed by atoms with Gasteiger partial charge < -0.3 is 20.3 Å². The van der Waals surface area contributed by atoms with Crippen molar-refractivity contribution in [2.75, 3.05) is 51.0 Å². The van der Waals surface area contributed by atoms with Gasteiger partial charge in [0.25, 0.3) is 0 Å². The van der Waals surface area contributed by atoms with Crippen LogP contribution in [0.2, 0.25) is 0 Å². The zero-order valence-corrected chi connectivity index (χ0v) is 22.7. The summed E-state index contributed by atoms with van der Waals surface area (Å²) in [6.07, 6.45) is 12.2. The highest BCUT2D eigenvalue weighted by Gasteiger charge is 2.59. The monoisotopic (exact) mass is 537 g/mol. The lowest BCUT2D eigenvalue weighted by molar-refractivity contribution is -0.111. The average molecular weight is 538 g/mol. The van der Waals surface area contributed by atoms with Gasteiger partial charge in [-0.2, -0.15) is 0 Å². The molecule has 1 saturated heterocycles. The van der Waals surface area contributed by atoms with Crippen LogP contribution in [0.4, 0.5) is 15.9 Å². The number of carbonyl (C=O) groups is 1. The van der Waals surface area contributed by atoms with Crippen LogP contribution in [0.1, 0.15) is 18.9 Å². The number of likely N-dealkylation sites (N-methyl/N-ethyl adjacent to an activating group) is 1. The number of anilines is 2. The van der Waals surface area contributed by atoms with Crippen LogP contribution in [0.5, 0.6) is 0 Å². The molecule has 0 radical (unpaired) electrons. The minimum atomic E-state index is -0.569. The molecule has 2 aliphatic rings. The van der Waals surface area contributed by atoms with E-state index in [-0.39, 0.29) is 16.4 Å². The number of carbonyl (C=O) groups excluding carboxylic acids is 1. The number of allylic oxidation sites excluding steroid dienone is 4. The molecule has 1 aliphatic carbocycles. The quantitative estimate of drug-likeness (QED) is 0.283. The molecule has 0 bridgehead atoms. The lowest BCUT2D eigenvalue weighted by Gasteiger charge is -2.15. The van der Waals surface area contributed by atoms with Crippen LogP contribution in [0, 0.1) is 11.3 Å². The predicted octanol–water partition coefficient (Wildman–Crippen LogP) is 5.70. The summed E-state index contributed by atoms with van der Waals surface area (Å²) in [6, 6.07) is 3.83. The van der Waals surface area contributed by atoms with Crippen molar-refractivity contribution in [1.29, 1.82) is 0 Å². The summed E-state index contributed by atoms with van der Waals surface area (Å²) < 4.78 is 19.5. The van der Waals surface area contributed by atoms with Gasteiger partial charge in [-0.05, 0) is 57.6 Å². The normalized spacial score (nSPS) is 21.7. The van der Waals surface area contributed by atoms with Crippen LogP contribution < -0.4 is 10.6 Å². The fourth-order valence-corrected chi connectivity index (χ4v) is 4.72. The maximum absolute atomic E-state index is 13.8. The van der Waals surface area contributed by atoms with E-state index in [1.54, 1.807) is 6.08 Å². The number of hydrogen-bond donors (Lipinski definition) is 2. The Bertz CT molecular complexity index is 1350. The van der Waals surface area contributed by atoms with E-state index in [1.807, 2.05) is 37.2 Å². The van der Waals surface area contributed by atoms with E-state index in [0.717, 1.165) is 36.1 Å². The topological polar surface area (TPSA) is 79.4 Å². The van der Waals surface area contributed by atoms with E-state index in [1.165, 1.54) is 30.1 Å². The number of benzene rings is 1. The SMILES string of the molecule is C=C/C(Cl)=C(F)\C=C/CNc1ncnc2cc(/C=C(\C)[C@]34COC[C@H]3C4)c(NC(=O)/C=C/CN(C)C)cc12. The molecule has 7 nitrogen and oxygen atoms in total. The second kappa shape index (κ2) is 12.0. The molecular weight excluding hydrogens is 505 g/mol. The third kappa shape index (κ3) is 6.38. The van der Waals surface area contributed by atoms with Gasteiger partial charge >= 0.3 is 0 Å². The average Bonchev–Trinajstić information content (AvgIpc) is 3.45. The van der Waals surface area contributed by atoms with Crippen LogP contribution in [0.3, 0.4) is 0 Å². The molecule has 1 saturated carbocycles. The molecule has 9 heteroatoms. The largest absolute Gasteiger partial charge is 0.380 e. The minimum absolute atomic E-state index is 0.0501. The first-order valence-corrected chi connectivity index (χ1v) is 12.9. The summed E-state index contributed by atoms with van der Waals surface area (Å²) in [6.45, 7) is 8.09. The Morgan fingerprint density at radius 1 is 1.32 bits per heavy atom. The van der Waals surface area contributed by atoms with Crippen LogP contribution in [0.15, 0.2) is 71.9 Å².